The first kappa shape index (κ1) is 13.0. The van der Waals surface area contributed by atoms with E-state index in [4.69, 9.17) is 9.47 Å². The average Bonchev–Trinajstić information content (AvgIpc) is 2.61. The topological polar surface area (TPSA) is 30.5 Å². The van der Waals surface area contributed by atoms with Gasteiger partial charge in [0.15, 0.2) is 11.5 Å². The second kappa shape index (κ2) is 5.02. The minimum Gasteiger partial charge on any atom is -0.485 e. The molecule has 0 atom stereocenters. The monoisotopic (exact) mass is 247 g/mol. The van der Waals surface area contributed by atoms with Crippen molar-refractivity contribution in [3.63, 3.8) is 0 Å². The third-order valence-electron chi connectivity index (χ3n) is 2.91. The molecule has 1 heterocycles. The van der Waals surface area contributed by atoms with Crippen LogP contribution in [-0.2, 0) is 6.42 Å². The molecule has 0 saturated heterocycles. The number of nitrogens with one attached hydrogen (secondary N) is 1. The number of fused-ring (bicyclic) bond motifs is 1. The molecule has 1 aliphatic rings. The fourth-order valence-corrected chi connectivity index (χ4v) is 2.18. The molecule has 1 aliphatic heterocycles. The standard InChI is InChI=1S/C15H21NO2/c1-11(9-16-4)10-17-13-7-5-6-12-8-15(2,3)18-14(12)13/h5-7,16H,1,8-10H2,2-4H3. The fourth-order valence-electron chi connectivity index (χ4n) is 2.18. The molecular formula is C15H21NO2. The maximum absolute atomic E-state index is 5.95. The number of benzene rings is 1. The lowest BCUT2D eigenvalue weighted by molar-refractivity contribution is 0.133. The van der Waals surface area contributed by atoms with E-state index in [0.717, 1.165) is 30.0 Å². The summed E-state index contributed by atoms with van der Waals surface area (Å²) in [6, 6.07) is 6.06. The Labute approximate surface area is 109 Å². The Bertz CT molecular complexity index is 452. The summed E-state index contributed by atoms with van der Waals surface area (Å²) in [5.74, 6) is 1.70. The molecule has 0 bridgehead atoms. The van der Waals surface area contributed by atoms with E-state index in [0.29, 0.717) is 6.61 Å². The molecule has 1 aromatic carbocycles. The van der Waals surface area contributed by atoms with Gasteiger partial charge in [0, 0.05) is 18.5 Å². The number of hydrogen-bond acceptors (Lipinski definition) is 3. The molecule has 18 heavy (non-hydrogen) atoms. The lowest BCUT2D eigenvalue weighted by Gasteiger charge is -2.18. The molecule has 0 spiro atoms. The smallest absolute Gasteiger partial charge is 0.165 e. The van der Waals surface area contributed by atoms with Crippen LogP contribution >= 0.6 is 0 Å². The molecular weight excluding hydrogens is 226 g/mol. The van der Waals surface area contributed by atoms with Gasteiger partial charge >= 0.3 is 0 Å². The average molecular weight is 247 g/mol. The lowest BCUT2D eigenvalue weighted by Crippen LogP contribution is -2.24. The van der Waals surface area contributed by atoms with Crippen molar-refractivity contribution in [2.24, 2.45) is 0 Å². The maximum Gasteiger partial charge on any atom is 0.165 e. The first-order valence-corrected chi connectivity index (χ1v) is 6.27. The van der Waals surface area contributed by atoms with Gasteiger partial charge in [0.2, 0.25) is 0 Å². The van der Waals surface area contributed by atoms with E-state index in [-0.39, 0.29) is 5.60 Å². The summed E-state index contributed by atoms with van der Waals surface area (Å²) in [4.78, 5) is 0. The summed E-state index contributed by atoms with van der Waals surface area (Å²) in [7, 11) is 1.90. The summed E-state index contributed by atoms with van der Waals surface area (Å²) in [6.07, 6.45) is 0.928. The van der Waals surface area contributed by atoms with Gasteiger partial charge in [-0.2, -0.15) is 0 Å². The summed E-state index contributed by atoms with van der Waals surface area (Å²) in [5.41, 5.74) is 2.10. The number of ether oxygens (including phenoxy) is 2. The van der Waals surface area contributed by atoms with Crippen molar-refractivity contribution in [2.45, 2.75) is 25.9 Å². The van der Waals surface area contributed by atoms with Crippen LogP contribution in [0.3, 0.4) is 0 Å². The van der Waals surface area contributed by atoms with E-state index >= 15 is 0 Å². The van der Waals surface area contributed by atoms with Crippen LogP contribution in [0.1, 0.15) is 19.4 Å². The van der Waals surface area contributed by atoms with Gasteiger partial charge in [-0.3, -0.25) is 0 Å². The molecule has 0 aromatic heterocycles. The van der Waals surface area contributed by atoms with Crippen LogP contribution in [0.2, 0.25) is 0 Å². The summed E-state index contributed by atoms with van der Waals surface area (Å²) < 4.78 is 11.7. The molecule has 0 aliphatic carbocycles. The van der Waals surface area contributed by atoms with Gasteiger partial charge in [0.05, 0.1) is 0 Å². The van der Waals surface area contributed by atoms with Crippen molar-refractivity contribution in [3.8, 4) is 11.5 Å². The quantitative estimate of drug-likeness (QED) is 0.811. The molecule has 0 amide bonds. The van der Waals surface area contributed by atoms with Crippen LogP contribution < -0.4 is 14.8 Å². The highest BCUT2D eigenvalue weighted by Gasteiger charge is 2.32. The highest BCUT2D eigenvalue weighted by atomic mass is 16.5. The van der Waals surface area contributed by atoms with Gasteiger partial charge in [-0.25, -0.2) is 0 Å². The minimum absolute atomic E-state index is 0.135. The molecule has 2 rings (SSSR count). The number of para-hydroxylation sites is 1. The van der Waals surface area contributed by atoms with Crippen LogP contribution in [0.5, 0.6) is 11.5 Å². The zero-order valence-electron chi connectivity index (χ0n) is 11.4. The summed E-state index contributed by atoms with van der Waals surface area (Å²) >= 11 is 0. The van der Waals surface area contributed by atoms with E-state index in [2.05, 4.69) is 31.8 Å². The Morgan fingerprint density at radius 2 is 2.28 bits per heavy atom. The van der Waals surface area contributed by atoms with Crippen molar-refractivity contribution < 1.29 is 9.47 Å². The predicted molar refractivity (Wildman–Crippen MR) is 73.4 cm³/mol. The Hall–Kier alpha value is -1.48. The Morgan fingerprint density at radius 3 is 3.00 bits per heavy atom. The normalized spacial score (nSPS) is 15.9. The molecule has 0 fully saturated rings. The van der Waals surface area contributed by atoms with Crippen LogP contribution in [-0.4, -0.2) is 25.8 Å². The molecule has 98 valence electrons. The first-order chi connectivity index (χ1) is 8.52. The van der Waals surface area contributed by atoms with Gasteiger partial charge in [0.25, 0.3) is 0 Å². The van der Waals surface area contributed by atoms with Crippen molar-refractivity contribution in [1.82, 2.24) is 5.32 Å². The predicted octanol–water partition coefficient (Wildman–Crippen LogP) is 2.55. The van der Waals surface area contributed by atoms with E-state index in [1.165, 1.54) is 5.56 Å². The van der Waals surface area contributed by atoms with Gasteiger partial charge < -0.3 is 14.8 Å². The van der Waals surface area contributed by atoms with Crippen LogP contribution in [0.4, 0.5) is 0 Å². The van der Waals surface area contributed by atoms with Crippen LogP contribution in [0.15, 0.2) is 30.4 Å². The van der Waals surface area contributed by atoms with Crippen molar-refractivity contribution in [2.75, 3.05) is 20.2 Å². The lowest BCUT2D eigenvalue weighted by atomic mass is 10.0. The summed E-state index contributed by atoms with van der Waals surface area (Å²) in [6.45, 7) is 9.42. The SMILES string of the molecule is C=C(CNC)COc1cccc2c1OC(C)(C)C2. The van der Waals surface area contributed by atoms with E-state index in [1.54, 1.807) is 0 Å². The molecule has 1 aromatic rings. The highest BCUT2D eigenvalue weighted by Crippen LogP contribution is 2.41. The molecule has 3 nitrogen and oxygen atoms in total. The Balaban J connectivity index is 2.08. The first-order valence-electron chi connectivity index (χ1n) is 6.27. The zero-order chi connectivity index (χ0) is 13.2. The van der Waals surface area contributed by atoms with E-state index < -0.39 is 0 Å². The van der Waals surface area contributed by atoms with Crippen molar-refractivity contribution in [3.05, 3.63) is 35.9 Å². The molecule has 0 radical (unpaired) electrons. The highest BCUT2D eigenvalue weighted by molar-refractivity contribution is 5.50. The zero-order valence-corrected chi connectivity index (χ0v) is 11.4. The molecule has 1 N–H and O–H groups in total. The minimum atomic E-state index is -0.135. The molecule has 3 heteroatoms. The largest absolute Gasteiger partial charge is 0.485 e. The van der Waals surface area contributed by atoms with Gasteiger partial charge in [-0.15, -0.1) is 0 Å². The van der Waals surface area contributed by atoms with Crippen molar-refractivity contribution >= 4 is 0 Å². The van der Waals surface area contributed by atoms with Crippen molar-refractivity contribution in [1.29, 1.82) is 0 Å². The Kier molecular flexibility index (Phi) is 3.62. The Morgan fingerprint density at radius 1 is 1.50 bits per heavy atom. The van der Waals surface area contributed by atoms with Crippen LogP contribution in [0, 0.1) is 0 Å². The fraction of sp³-hybridized carbons (Fsp3) is 0.467. The third kappa shape index (κ3) is 2.85. The van der Waals surface area contributed by atoms with Gasteiger partial charge in [-0.1, -0.05) is 18.7 Å². The van der Waals surface area contributed by atoms with Crippen LogP contribution in [0.25, 0.3) is 0 Å². The van der Waals surface area contributed by atoms with E-state index in [9.17, 15) is 0 Å². The number of hydrogen-bond donors (Lipinski definition) is 1. The molecule has 0 saturated carbocycles. The second-order valence-electron chi connectivity index (χ2n) is 5.35. The van der Waals surface area contributed by atoms with Gasteiger partial charge in [0.1, 0.15) is 12.2 Å². The summed E-state index contributed by atoms with van der Waals surface area (Å²) in [5, 5.41) is 3.06. The van der Waals surface area contributed by atoms with E-state index in [1.807, 2.05) is 19.2 Å². The number of rotatable bonds is 5. The maximum atomic E-state index is 5.95. The molecule has 0 unspecified atom stereocenters. The van der Waals surface area contributed by atoms with Gasteiger partial charge in [-0.05, 0) is 32.5 Å². The second-order valence-corrected chi connectivity index (χ2v) is 5.35. The number of likely N-dealkylation sites (N-methyl/N-ethyl adjacent to an activating group) is 1. The third-order valence-corrected chi connectivity index (χ3v) is 2.91.